The fourth-order valence-electron chi connectivity index (χ4n) is 2.31. The molecule has 1 aromatic rings. The first kappa shape index (κ1) is 13.2. The van der Waals surface area contributed by atoms with Crippen molar-refractivity contribution in [2.24, 2.45) is 0 Å². The number of benzene rings is 1. The van der Waals surface area contributed by atoms with Crippen molar-refractivity contribution in [2.45, 2.75) is 38.3 Å². The number of hydrogen-bond donors (Lipinski definition) is 2. The van der Waals surface area contributed by atoms with Crippen LogP contribution in [-0.4, -0.2) is 18.6 Å². The van der Waals surface area contributed by atoms with E-state index in [9.17, 15) is 0 Å². The molecule has 17 heavy (non-hydrogen) atoms. The lowest BCUT2D eigenvalue weighted by atomic mass is 10.1. The van der Waals surface area contributed by atoms with Crippen molar-refractivity contribution in [2.75, 3.05) is 11.9 Å². The van der Waals surface area contributed by atoms with Crippen LogP contribution in [0.4, 0.5) is 5.69 Å². The molecule has 1 aliphatic heterocycles. The van der Waals surface area contributed by atoms with Gasteiger partial charge in [-0.05, 0) is 66.9 Å². The zero-order valence-electron chi connectivity index (χ0n) is 9.97. The summed E-state index contributed by atoms with van der Waals surface area (Å²) in [6.07, 6.45) is 3.77. The molecule has 0 aromatic heterocycles. The van der Waals surface area contributed by atoms with Gasteiger partial charge < -0.3 is 10.6 Å². The van der Waals surface area contributed by atoms with Crippen molar-refractivity contribution in [3.8, 4) is 0 Å². The minimum atomic E-state index is 0.461. The minimum Gasteiger partial charge on any atom is -0.382 e. The van der Waals surface area contributed by atoms with E-state index in [1.54, 1.807) is 0 Å². The van der Waals surface area contributed by atoms with Crippen LogP contribution in [0.2, 0.25) is 5.02 Å². The molecule has 0 radical (unpaired) electrons. The fourth-order valence-corrected chi connectivity index (χ4v) is 2.74. The molecular formula is C13H18BrClN2. The second-order valence-corrected chi connectivity index (χ2v) is 5.96. The number of hydrogen-bond acceptors (Lipinski definition) is 2. The van der Waals surface area contributed by atoms with Crippen molar-refractivity contribution >= 4 is 33.2 Å². The third-order valence-corrected chi connectivity index (χ3v) is 4.37. The lowest BCUT2D eigenvalue weighted by molar-refractivity contribution is 0.523. The molecule has 4 heteroatoms. The Labute approximate surface area is 116 Å². The highest BCUT2D eigenvalue weighted by molar-refractivity contribution is 9.10. The second-order valence-electron chi connectivity index (χ2n) is 4.70. The summed E-state index contributed by atoms with van der Waals surface area (Å²) in [4.78, 5) is 0. The summed E-state index contributed by atoms with van der Waals surface area (Å²) in [6, 6.07) is 7.12. The Morgan fingerprint density at radius 2 is 2.41 bits per heavy atom. The Morgan fingerprint density at radius 1 is 1.59 bits per heavy atom. The molecule has 0 aliphatic carbocycles. The Bertz CT molecular complexity index is 378. The van der Waals surface area contributed by atoms with Crippen molar-refractivity contribution in [3.05, 3.63) is 27.7 Å². The zero-order valence-corrected chi connectivity index (χ0v) is 12.3. The molecule has 2 atom stereocenters. The summed E-state index contributed by atoms with van der Waals surface area (Å²) >= 11 is 9.47. The van der Waals surface area contributed by atoms with Crippen LogP contribution in [0.5, 0.6) is 0 Å². The molecule has 0 saturated carbocycles. The Hall–Kier alpha value is -0.250. The van der Waals surface area contributed by atoms with Gasteiger partial charge in [0.25, 0.3) is 0 Å². The second kappa shape index (κ2) is 6.07. The number of rotatable bonds is 4. The largest absolute Gasteiger partial charge is 0.382 e. The van der Waals surface area contributed by atoms with Crippen molar-refractivity contribution in [1.82, 2.24) is 5.32 Å². The van der Waals surface area contributed by atoms with E-state index >= 15 is 0 Å². The first-order chi connectivity index (χ1) is 8.15. The summed E-state index contributed by atoms with van der Waals surface area (Å²) in [6.45, 7) is 3.39. The monoisotopic (exact) mass is 316 g/mol. The van der Waals surface area contributed by atoms with E-state index in [2.05, 4.69) is 39.6 Å². The van der Waals surface area contributed by atoms with Gasteiger partial charge in [-0.3, -0.25) is 0 Å². The minimum absolute atomic E-state index is 0.461. The zero-order chi connectivity index (χ0) is 12.3. The van der Waals surface area contributed by atoms with Gasteiger partial charge in [0.05, 0.1) is 5.02 Å². The predicted molar refractivity (Wildman–Crippen MR) is 77.9 cm³/mol. The van der Waals surface area contributed by atoms with Crippen molar-refractivity contribution < 1.29 is 0 Å². The van der Waals surface area contributed by atoms with Gasteiger partial charge in [-0.15, -0.1) is 0 Å². The smallest absolute Gasteiger partial charge is 0.0568 e. The standard InChI is InChI=1S/C13H18BrClN2/c1-9(7-10-3-2-6-16-10)17-11-4-5-12(14)13(15)8-11/h4-5,8-10,16-17H,2-3,6-7H2,1H3. The lowest BCUT2D eigenvalue weighted by Gasteiger charge is -2.19. The molecule has 2 unspecified atom stereocenters. The normalized spacial score (nSPS) is 21.5. The average Bonchev–Trinajstić information content (AvgIpc) is 2.76. The molecule has 2 nitrogen and oxygen atoms in total. The van der Waals surface area contributed by atoms with Crippen LogP contribution in [0.3, 0.4) is 0 Å². The molecule has 1 fully saturated rings. The van der Waals surface area contributed by atoms with Crippen LogP contribution < -0.4 is 10.6 Å². The fraction of sp³-hybridized carbons (Fsp3) is 0.538. The first-order valence-electron chi connectivity index (χ1n) is 6.10. The molecule has 0 spiro atoms. The molecule has 2 N–H and O–H groups in total. The summed E-state index contributed by atoms with van der Waals surface area (Å²) < 4.78 is 0.940. The van der Waals surface area contributed by atoms with Crippen molar-refractivity contribution in [1.29, 1.82) is 0 Å². The van der Waals surface area contributed by atoms with E-state index in [1.165, 1.54) is 19.4 Å². The van der Waals surface area contributed by atoms with E-state index in [0.29, 0.717) is 12.1 Å². The summed E-state index contributed by atoms with van der Waals surface area (Å²) in [5, 5.41) is 7.76. The van der Waals surface area contributed by atoms with E-state index < -0.39 is 0 Å². The molecule has 94 valence electrons. The Balaban J connectivity index is 1.88. The molecule has 0 bridgehead atoms. The number of nitrogens with one attached hydrogen (secondary N) is 2. The highest BCUT2D eigenvalue weighted by Gasteiger charge is 2.16. The van der Waals surface area contributed by atoms with Crippen LogP contribution in [0.15, 0.2) is 22.7 Å². The number of anilines is 1. The third-order valence-electron chi connectivity index (χ3n) is 3.13. The molecule has 1 aliphatic rings. The molecule has 2 rings (SSSR count). The van der Waals surface area contributed by atoms with Gasteiger partial charge in [-0.2, -0.15) is 0 Å². The quantitative estimate of drug-likeness (QED) is 0.875. The topological polar surface area (TPSA) is 24.1 Å². The van der Waals surface area contributed by atoms with Gasteiger partial charge in [-0.1, -0.05) is 11.6 Å². The van der Waals surface area contributed by atoms with Crippen LogP contribution in [0.1, 0.15) is 26.2 Å². The van der Waals surface area contributed by atoms with Crippen molar-refractivity contribution in [3.63, 3.8) is 0 Å². The van der Waals surface area contributed by atoms with E-state index in [-0.39, 0.29) is 0 Å². The first-order valence-corrected chi connectivity index (χ1v) is 7.27. The van der Waals surface area contributed by atoms with Gasteiger partial charge in [0.1, 0.15) is 0 Å². The Morgan fingerprint density at radius 3 is 3.06 bits per heavy atom. The predicted octanol–water partition coefficient (Wildman–Crippen LogP) is 4.05. The molecule has 1 aromatic carbocycles. The maximum atomic E-state index is 6.07. The molecular weight excluding hydrogens is 300 g/mol. The summed E-state index contributed by atoms with van der Waals surface area (Å²) in [5.41, 5.74) is 1.09. The van der Waals surface area contributed by atoms with E-state index in [0.717, 1.165) is 21.6 Å². The number of halogens is 2. The van der Waals surface area contributed by atoms with Crippen LogP contribution in [-0.2, 0) is 0 Å². The van der Waals surface area contributed by atoms with Crippen LogP contribution in [0, 0.1) is 0 Å². The summed E-state index contributed by atoms with van der Waals surface area (Å²) in [5.74, 6) is 0. The molecule has 1 heterocycles. The van der Waals surface area contributed by atoms with Gasteiger partial charge in [0.15, 0.2) is 0 Å². The Kier molecular flexibility index (Phi) is 4.71. The highest BCUT2D eigenvalue weighted by atomic mass is 79.9. The third kappa shape index (κ3) is 3.87. The van der Waals surface area contributed by atoms with Gasteiger partial charge in [0.2, 0.25) is 0 Å². The van der Waals surface area contributed by atoms with Gasteiger partial charge in [0, 0.05) is 22.2 Å². The highest BCUT2D eigenvalue weighted by Crippen LogP contribution is 2.26. The molecule has 0 amide bonds. The van der Waals surface area contributed by atoms with Gasteiger partial charge in [-0.25, -0.2) is 0 Å². The van der Waals surface area contributed by atoms with Gasteiger partial charge >= 0.3 is 0 Å². The van der Waals surface area contributed by atoms with E-state index in [4.69, 9.17) is 11.6 Å². The summed E-state index contributed by atoms with van der Waals surface area (Å²) in [7, 11) is 0. The lowest BCUT2D eigenvalue weighted by Crippen LogP contribution is -2.29. The molecule has 1 saturated heterocycles. The average molecular weight is 318 g/mol. The SMILES string of the molecule is CC(CC1CCCN1)Nc1ccc(Br)c(Cl)c1. The van der Waals surface area contributed by atoms with Crippen LogP contribution in [0.25, 0.3) is 0 Å². The maximum absolute atomic E-state index is 6.07. The van der Waals surface area contributed by atoms with Crippen LogP contribution >= 0.6 is 27.5 Å². The maximum Gasteiger partial charge on any atom is 0.0568 e. The van der Waals surface area contributed by atoms with E-state index in [1.807, 2.05) is 12.1 Å².